The second kappa shape index (κ2) is 7.63. The van der Waals surface area contributed by atoms with E-state index < -0.39 is 0 Å². The largest absolute Gasteiger partial charge is 0.409 e. The molecule has 120 valence electrons. The van der Waals surface area contributed by atoms with Crippen molar-refractivity contribution in [2.45, 2.75) is 36.9 Å². The molecule has 0 atom stereocenters. The standard InChI is InChI=1S/C14H25N3O2S2/c1-20-14(13(15)16-19)4-6-17(7-5-14)12(18)10-11-2-8-21-9-3-11/h11,19H,2-10H2,1H3,(H2,15,16). The highest BCUT2D eigenvalue weighted by molar-refractivity contribution is 8.00. The van der Waals surface area contributed by atoms with Gasteiger partial charge in [0.1, 0.15) is 0 Å². The van der Waals surface area contributed by atoms with Gasteiger partial charge in [-0.3, -0.25) is 4.79 Å². The molecule has 1 amide bonds. The molecule has 2 fully saturated rings. The zero-order valence-corrected chi connectivity index (χ0v) is 14.2. The third kappa shape index (κ3) is 4.00. The Kier molecular flexibility index (Phi) is 6.10. The lowest BCUT2D eigenvalue weighted by Gasteiger charge is -2.40. The fourth-order valence-electron chi connectivity index (χ4n) is 3.10. The first-order valence-corrected chi connectivity index (χ1v) is 9.88. The van der Waals surface area contributed by atoms with Crippen LogP contribution in [0.5, 0.6) is 0 Å². The van der Waals surface area contributed by atoms with Crippen molar-refractivity contribution in [3.8, 4) is 0 Å². The molecule has 0 aromatic carbocycles. The Hall–Kier alpha value is -0.560. The van der Waals surface area contributed by atoms with Gasteiger partial charge in [-0.05, 0) is 49.4 Å². The van der Waals surface area contributed by atoms with E-state index in [-0.39, 0.29) is 16.5 Å². The highest BCUT2D eigenvalue weighted by Gasteiger charge is 2.39. The van der Waals surface area contributed by atoms with Crippen LogP contribution in [0.2, 0.25) is 0 Å². The summed E-state index contributed by atoms with van der Waals surface area (Å²) >= 11 is 3.61. The average molecular weight is 332 g/mol. The van der Waals surface area contributed by atoms with Gasteiger partial charge in [0, 0.05) is 19.5 Å². The van der Waals surface area contributed by atoms with Crippen molar-refractivity contribution in [2.75, 3.05) is 30.9 Å². The summed E-state index contributed by atoms with van der Waals surface area (Å²) in [4.78, 5) is 14.4. The summed E-state index contributed by atoms with van der Waals surface area (Å²) in [5.41, 5.74) is 5.84. The molecule has 0 bridgehead atoms. The van der Waals surface area contributed by atoms with Gasteiger partial charge >= 0.3 is 0 Å². The summed E-state index contributed by atoms with van der Waals surface area (Å²) in [5.74, 6) is 3.51. The Labute approximate surface area is 135 Å². The molecule has 5 nitrogen and oxygen atoms in total. The number of nitrogens with two attached hydrogens (primary N) is 1. The number of amides is 1. The number of oxime groups is 1. The fraction of sp³-hybridized carbons (Fsp3) is 0.857. The predicted octanol–water partition coefficient (Wildman–Crippen LogP) is 1.99. The van der Waals surface area contributed by atoms with Crippen molar-refractivity contribution in [1.29, 1.82) is 0 Å². The number of thioether (sulfide) groups is 2. The molecule has 21 heavy (non-hydrogen) atoms. The molecule has 0 spiro atoms. The Morgan fingerprint density at radius 1 is 1.43 bits per heavy atom. The first-order valence-electron chi connectivity index (χ1n) is 7.50. The molecule has 0 saturated carbocycles. The van der Waals surface area contributed by atoms with Crippen LogP contribution in [0.1, 0.15) is 32.1 Å². The number of likely N-dealkylation sites (tertiary alicyclic amines) is 1. The normalized spacial score (nSPS) is 24.0. The Morgan fingerprint density at radius 2 is 2.05 bits per heavy atom. The lowest BCUT2D eigenvalue weighted by atomic mass is 9.93. The summed E-state index contributed by atoms with van der Waals surface area (Å²) < 4.78 is -0.312. The monoisotopic (exact) mass is 331 g/mol. The van der Waals surface area contributed by atoms with Crippen LogP contribution in [0.25, 0.3) is 0 Å². The zero-order chi connectivity index (χ0) is 15.3. The number of hydrogen-bond acceptors (Lipinski definition) is 5. The maximum Gasteiger partial charge on any atom is 0.222 e. The van der Waals surface area contributed by atoms with Crippen molar-refractivity contribution >= 4 is 35.3 Å². The average Bonchev–Trinajstić information content (AvgIpc) is 2.55. The number of carbonyl (C=O) groups is 1. The lowest BCUT2D eigenvalue weighted by Crippen LogP contribution is -2.51. The summed E-state index contributed by atoms with van der Waals surface area (Å²) in [6.45, 7) is 1.41. The molecule has 0 aromatic heterocycles. The highest BCUT2D eigenvalue weighted by atomic mass is 32.2. The van der Waals surface area contributed by atoms with Crippen LogP contribution in [-0.2, 0) is 4.79 Å². The molecule has 0 radical (unpaired) electrons. The molecule has 7 heteroatoms. The first kappa shape index (κ1) is 16.8. The van der Waals surface area contributed by atoms with Crippen LogP contribution >= 0.6 is 23.5 Å². The second-order valence-corrected chi connectivity index (χ2v) is 8.24. The van der Waals surface area contributed by atoms with Gasteiger partial charge in [0.2, 0.25) is 5.91 Å². The van der Waals surface area contributed by atoms with E-state index in [0.717, 1.165) is 12.8 Å². The van der Waals surface area contributed by atoms with E-state index in [1.165, 1.54) is 24.3 Å². The van der Waals surface area contributed by atoms with Crippen LogP contribution < -0.4 is 5.73 Å². The number of hydrogen-bond donors (Lipinski definition) is 2. The maximum absolute atomic E-state index is 12.4. The summed E-state index contributed by atoms with van der Waals surface area (Å²) in [7, 11) is 0. The lowest BCUT2D eigenvalue weighted by molar-refractivity contribution is -0.133. The molecular weight excluding hydrogens is 306 g/mol. The molecule has 2 aliphatic rings. The smallest absolute Gasteiger partial charge is 0.222 e. The van der Waals surface area contributed by atoms with Crippen molar-refractivity contribution in [2.24, 2.45) is 16.8 Å². The van der Waals surface area contributed by atoms with Crippen LogP contribution in [-0.4, -0.2) is 57.4 Å². The van der Waals surface area contributed by atoms with E-state index in [1.807, 2.05) is 22.9 Å². The minimum atomic E-state index is -0.312. The zero-order valence-electron chi connectivity index (χ0n) is 12.6. The van der Waals surface area contributed by atoms with Gasteiger partial charge in [0.05, 0.1) is 4.75 Å². The predicted molar refractivity (Wildman–Crippen MR) is 90.1 cm³/mol. The molecule has 2 heterocycles. The van der Waals surface area contributed by atoms with E-state index in [4.69, 9.17) is 10.9 Å². The van der Waals surface area contributed by atoms with E-state index in [2.05, 4.69) is 5.16 Å². The van der Waals surface area contributed by atoms with Crippen molar-refractivity contribution in [3.63, 3.8) is 0 Å². The van der Waals surface area contributed by atoms with Gasteiger partial charge in [-0.1, -0.05) is 5.16 Å². The first-order chi connectivity index (χ1) is 10.1. The van der Waals surface area contributed by atoms with E-state index in [1.54, 1.807) is 11.8 Å². The number of piperidine rings is 1. The van der Waals surface area contributed by atoms with Gasteiger partial charge in [0.25, 0.3) is 0 Å². The molecule has 2 saturated heterocycles. The second-order valence-electron chi connectivity index (χ2n) is 5.82. The maximum atomic E-state index is 12.4. The SMILES string of the molecule is CSC1(C(N)=NO)CCN(C(=O)CC2CCSCC2)CC1. The molecule has 2 rings (SSSR count). The molecule has 0 aromatic rings. The van der Waals surface area contributed by atoms with E-state index in [9.17, 15) is 4.79 Å². The number of nitrogens with zero attached hydrogens (tertiary/aromatic N) is 2. The van der Waals surface area contributed by atoms with Gasteiger partial charge in [0.15, 0.2) is 5.84 Å². The number of amidine groups is 1. The van der Waals surface area contributed by atoms with Crippen LogP contribution in [0.15, 0.2) is 5.16 Å². The van der Waals surface area contributed by atoms with Crippen LogP contribution in [0.3, 0.4) is 0 Å². The molecule has 2 aliphatic heterocycles. The summed E-state index contributed by atoms with van der Waals surface area (Å²) in [6, 6.07) is 0. The molecular formula is C14H25N3O2S2. The molecule has 0 aliphatic carbocycles. The van der Waals surface area contributed by atoms with E-state index >= 15 is 0 Å². The van der Waals surface area contributed by atoms with E-state index in [0.29, 0.717) is 25.4 Å². The minimum Gasteiger partial charge on any atom is -0.409 e. The number of carbonyl (C=O) groups excluding carboxylic acids is 1. The van der Waals surface area contributed by atoms with Gasteiger partial charge in [-0.25, -0.2) is 0 Å². The van der Waals surface area contributed by atoms with Crippen LogP contribution in [0.4, 0.5) is 0 Å². The summed E-state index contributed by atoms with van der Waals surface area (Å²) in [6.07, 6.45) is 6.53. The Morgan fingerprint density at radius 3 is 2.57 bits per heavy atom. The van der Waals surface area contributed by atoms with Crippen LogP contribution in [0, 0.1) is 5.92 Å². The fourth-order valence-corrected chi connectivity index (χ4v) is 5.14. The van der Waals surface area contributed by atoms with Gasteiger partial charge in [-0.15, -0.1) is 0 Å². The topological polar surface area (TPSA) is 78.9 Å². The third-order valence-electron chi connectivity index (χ3n) is 4.69. The Bertz CT molecular complexity index is 390. The quantitative estimate of drug-likeness (QED) is 0.356. The van der Waals surface area contributed by atoms with Crippen molar-refractivity contribution in [1.82, 2.24) is 4.90 Å². The number of rotatable bonds is 4. The minimum absolute atomic E-state index is 0.279. The van der Waals surface area contributed by atoms with Gasteiger partial charge < -0.3 is 15.8 Å². The van der Waals surface area contributed by atoms with Crippen molar-refractivity contribution < 1.29 is 10.0 Å². The molecule has 3 N–H and O–H groups in total. The van der Waals surface area contributed by atoms with Crippen molar-refractivity contribution in [3.05, 3.63) is 0 Å². The molecule has 0 unspecified atom stereocenters. The summed E-state index contributed by atoms with van der Waals surface area (Å²) in [5, 5.41) is 12.1. The van der Waals surface area contributed by atoms with Gasteiger partial charge in [-0.2, -0.15) is 23.5 Å². The highest BCUT2D eigenvalue weighted by Crippen LogP contribution is 2.35. The Balaban J connectivity index is 1.86. The third-order valence-corrected chi connectivity index (χ3v) is 7.14.